The Labute approximate surface area is 194 Å². The summed E-state index contributed by atoms with van der Waals surface area (Å²) in [4.78, 5) is 15.4. The summed E-state index contributed by atoms with van der Waals surface area (Å²) in [6.45, 7) is 10.5. The first kappa shape index (κ1) is 22.6. The van der Waals surface area contributed by atoms with Crippen LogP contribution in [0.1, 0.15) is 58.1 Å². The van der Waals surface area contributed by atoms with Crippen LogP contribution in [0.5, 0.6) is 0 Å². The molecule has 6 heteroatoms. The van der Waals surface area contributed by atoms with Crippen LogP contribution in [0.2, 0.25) is 10.0 Å². The topological polar surface area (TPSA) is 55.6 Å². The molecule has 0 aromatic heterocycles. The molecule has 2 aromatic rings. The SMILES string of the molecule is CC(C)(C)C[C@@H]1N2[C@@H](C(=O)OC2(C)C)[C@H](c2cccc(Cl)c2)[C@@]1(N)c1ccc(Cl)cc1. The minimum Gasteiger partial charge on any atom is -0.443 e. The van der Waals surface area contributed by atoms with Crippen molar-refractivity contribution in [2.24, 2.45) is 11.1 Å². The van der Waals surface area contributed by atoms with E-state index in [0.717, 1.165) is 17.5 Å². The van der Waals surface area contributed by atoms with Crippen molar-refractivity contribution in [3.8, 4) is 0 Å². The fourth-order valence-electron chi connectivity index (χ4n) is 5.49. The Morgan fingerprint density at radius 2 is 1.71 bits per heavy atom. The molecule has 4 rings (SSSR count). The maximum absolute atomic E-state index is 13.3. The molecular formula is C25H30Cl2N2O2. The van der Waals surface area contributed by atoms with Crippen molar-refractivity contribution in [1.82, 2.24) is 4.90 Å². The normalized spacial score (nSPS) is 30.3. The molecule has 2 fully saturated rings. The highest BCUT2D eigenvalue weighted by Gasteiger charge is 2.68. The monoisotopic (exact) mass is 460 g/mol. The fraction of sp³-hybridized carbons (Fsp3) is 0.480. The van der Waals surface area contributed by atoms with Crippen LogP contribution in [0.4, 0.5) is 0 Å². The largest absolute Gasteiger partial charge is 0.443 e. The third kappa shape index (κ3) is 3.78. The maximum atomic E-state index is 13.3. The molecule has 166 valence electrons. The van der Waals surface area contributed by atoms with Gasteiger partial charge in [0.1, 0.15) is 6.04 Å². The van der Waals surface area contributed by atoms with E-state index in [4.69, 9.17) is 33.7 Å². The summed E-state index contributed by atoms with van der Waals surface area (Å²) < 4.78 is 5.87. The molecule has 0 amide bonds. The first-order valence-electron chi connectivity index (χ1n) is 10.7. The quantitative estimate of drug-likeness (QED) is 0.595. The lowest BCUT2D eigenvalue weighted by Gasteiger charge is -2.44. The molecule has 0 bridgehead atoms. The van der Waals surface area contributed by atoms with Crippen molar-refractivity contribution >= 4 is 29.2 Å². The van der Waals surface area contributed by atoms with Crippen LogP contribution in [0.25, 0.3) is 0 Å². The van der Waals surface area contributed by atoms with E-state index in [-0.39, 0.29) is 23.3 Å². The highest BCUT2D eigenvalue weighted by Crippen LogP contribution is 2.57. The second-order valence-corrected chi connectivity index (χ2v) is 11.3. The molecule has 2 saturated heterocycles. The number of halogens is 2. The summed E-state index contributed by atoms with van der Waals surface area (Å²) in [5.41, 5.74) is 7.71. The van der Waals surface area contributed by atoms with Crippen LogP contribution in [0.3, 0.4) is 0 Å². The van der Waals surface area contributed by atoms with Crippen molar-refractivity contribution in [2.45, 2.75) is 70.3 Å². The second kappa shape index (κ2) is 7.48. The number of nitrogens with two attached hydrogens (primary N) is 1. The predicted octanol–water partition coefficient (Wildman–Crippen LogP) is 5.71. The van der Waals surface area contributed by atoms with E-state index in [2.05, 4.69) is 25.7 Å². The molecule has 2 aliphatic rings. The Bertz CT molecular complexity index is 999. The molecule has 0 saturated carbocycles. The molecule has 0 aliphatic carbocycles. The van der Waals surface area contributed by atoms with Crippen LogP contribution in [-0.4, -0.2) is 28.7 Å². The zero-order chi connectivity index (χ0) is 22.8. The Morgan fingerprint density at radius 1 is 1.06 bits per heavy atom. The van der Waals surface area contributed by atoms with Gasteiger partial charge in [-0.2, -0.15) is 0 Å². The Hall–Kier alpha value is -1.59. The van der Waals surface area contributed by atoms with E-state index < -0.39 is 17.3 Å². The van der Waals surface area contributed by atoms with Crippen LogP contribution >= 0.6 is 23.2 Å². The van der Waals surface area contributed by atoms with Gasteiger partial charge in [-0.1, -0.05) is 68.2 Å². The number of ether oxygens (including phenoxy) is 1. The maximum Gasteiger partial charge on any atom is 0.325 e. The number of hydrogen-bond acceptors (Lipinski definition) is 4. The van der Waals surface area contributed by atoms with Gasteiger partial charge in [0.05, 0.1) is 5.54 Å². The zero-order valence-electron chi connectivity index (χ0n) is 18.7. The molecule has 4 nitrogen and oxygen atoms in total. The minimum atomic E-state index is -0.843. The third-order valence-corrected chi connectivity index (χ3v) is 7.08. The van der Waals surface area contributed by atoms with Gasteiger partial charge in [0.25, 0.3) is 0 Å². The van der Waals surface area contributed by atoms with Gasteiger partial charge in [0.2, 0.25) is 0 Å². The smallest absolute Gasteiger partial charge is 0.325 e. The van der Waals surface area contributed by atoms with Crippen LogP contribution in [0, 0.1) is 5.41 Å². The third-order valence-electron chi connectivity index (χ3n) is 6.59. The zero-order valence-corrected chi connectivity index (χ0v) is 20.2. The predicted molar refractivity (Wildman–Crippen MR) is 125 cm³/mol. The standard InChI is InChI=1S/C25H30Cl2N2O2/c1-23(2,3)14-19-25(28,16-9-11-17(26)12-10-16)20(15-7-6-8-18(27)13-15)21-22(30)31-24(4,5)29(19)21/h6-13,19-21H,14,28H2,1-5H3/t19-,20-,21+,25+/m0/s1. The van der Waals surface area contributed by atoms with Crippen molar-refractivity contribution in [2.75, 3.05) is 0 Å². The first-order chi connectivity index (χ1) is 14.3. The van der Waals surface area contributed by atoms with Gasteiger partial charge in [-0.3, -0.25) is 4.79 Å². The van der Waals surface area contributed by atoms with Crippen LogP contribution in [-0.2, 0) is 15.1 Å². The fourth-order valence-corrected chi connectivity index (χ4v) is 5.81. The van der Waals surface area contributed by atoms with Crippen molar-refractivity contribution in [3.05, 3.63) is 69.7 Å². The number of fused-ring (bicyclic) bond motifs is 1. The van der Waals surface area contributed by atoms with E-state index in [9.17, 15) is 4.79 Å². The van der Waals surface area contributed by atoms with E-state index in [1.54, 1.807) is 0 Å². The van der Waals surface area contributed by atoms with Gasteiger partial charge < -0.3 is 10.5 Å². The number of carbonyl (C=O) groups excluding carboxylic acids is 1. The molecule has 4 atom stereocenters. The van der Waals surface area contributed by atoms with E-state index >= 15 is 0 Å². The van der Waals surface area contributed by atoms with Gasteiger partial charge in [0, 0.05) is 22.0 Å². The molecule has 2 aliphatic heterocycles. The van der Waals surface area contributed by atoms with E-state index in [1.165, 1.54) is 0 Å². The van der Waals surface area contributed by atoms with Crippen molar-refractivity contribution in [3.63, 3.8) is 0 Å². The average Bonchev–Trinajstić information content (AvgIpc) is 3.04. The first-order valence-corrected chi connectivity index (χ1v) is 11.4. The summed E-state index contributed by atoms with van der Waals surface area (Å²) in [5.74, 6) is -0.566. The van der Waals surface area contributed by atoms with Gasteiger partial charge in [0.15, 0.2) is 5.72 Å². The number of benzene rings is 2. The highest BCUT2D eigenvalue weighted by molar-refractivity contribution is 6.30. The summed E-state index contributed by atoms with van der Waals surface area (Å²) in [5, 5.41) is 1.27. The number of nitrogens with zero attached hydrogens (tertiary/aromatic N) is 1. The Kier molecular flexibility index (Phi) is 5.45. The number of rotatable bonds is 3. The average molecular weight is 461 g/mol. The minimum absolute atomic E-state index is 0.0167. The molecule has 0 radical (unpaired) electrons. The van der Waals surface area contributed by atoms with Crippen molar-refractivity contribution in [1.29, 1.82) is 0 Å². The lowest BCUT2D eigenvalue weighted by molar-refractivity contribution is -0.152. The molecule has 0 spiro atoms. The second-order valence-electron chi connectivity index (χ2n) is 10.5. The number of hydrogen-bond donors (Lipinski definition) is 1. The Balaban J connectivity index is 1.99. The number of carbonyl (C=O) groups is 1. The van der Waals surface area contributed by atoms with Gasteiger partial charge >= 0.3 is 5.97 Å². The molecule has 31 heavy (non-hydrogen) atoms. The summed E-state index contributed by atoms with van der Waals surface area (Å²) in [6.07, 6.45) is 0.791. The summed E-state index contributed by atoms with van der Waals surface area (Å²) in [6, 6.07) is 14.7. The molecular weight excluding hydrogens is 431 g/mol. The molecule has 2 heterocycles. The molecule has 0 unspecified atom stereocenters. The number of cyclic esters (lactones) is 1. The van der Waals surface area contributed by atoms with Gasteiger partial charge in [-0.05, 0) is 61.1 Å². The number of esters is 1. The summed E-state index contributed by atoms with van der Waals surface area (Å²) in [7, 11) is 0. The van der Waals surface area contributed by atoms with E-state index in [1.807, 2.05) is 62.4 Å². The van der Waals surface area contributed by atoms with Crippen LogP contribution < -0.4 is 5.73 Å². The lowest BCUT2D eigenvalue weighted by atomic mass is 9.68. The summed E-state index contributed by atoms with van der Waals surface area (Å²) >= 11 is 12.6. The highest BCUT2D eigenvalue weighted by atomic mass is 35.5. The van der Waals surface area contributed by atoms with Gasteiger partial charge in [-0.25, -0.2) is 4.90 Å². The lowest BCUT2D eigenvalue weighted by Crippen LogP contribution is -2.56. The van der Waals surface area contributed by atoms with E-state index in [0.29, 0.717) is 10.0 Å². The van der Waals surface area contributed by atoms with Gasteiger partial charge in [-0.15, -0.1) is 0 Å². The Morgan fingerprint density at radius 3 is 2.29 bits per heavy atom. The molecule has 2 aromatic carbocycles. The van der Waals surface area contributed by atoms with Crippen LogP contribution in [0.15, 0.2) is 48.5 Å². The molecule has 2 N–H and O–H groups in total. The van der Waals surface area contributed by atoms with Crippen molar-refractivity contribution < 1.29 is 9.53 Å².